The van der Waals surface area contributed by atoms with Crippen molar-refractivity contribution in [3.63, 3.8) is 0 Å². The van der Waals surface area contributed by atoms with Crippen LogP contribution in [0.5, 0.6) is 0 Å². The molecule has 6 nitrogen and oxygen atoms in total. The van der Waals surface area contributed by atoms with Crippen LogP contribution in [0.3, 0.4) is 0 Å². The average Bonchev–Trinajstić information content (AvgIpc) is 3.45. The van der Waals surface area contributed by atoms with Crippen LogP contribution in [0.25, 0.3) is 0 Å². The number of aliphatic hydroxyl groups excluding tert-OH is 2. The van der Waals surface area contributed by atoms with Gasteiger partial charge in [0.05, 0.1) is 11.0 Å². The molecule has 0 heterocycles. The highest BCUT2D eigenvalue weighted by Gasteiger charge is 2.63. The standard InChI is InChI=1S/C21H27NO5/c1-22(12-13-2-3-13)11-10-21-17-14(4-5-15(23)18(17)25)6-8-20(21,27)9-7-16(24)19(21)26/h4-6,13,19,25-27H,2-3,7-12H2,1H3. The Morgan fingerprint density at radius 1 is 1.26 bits per heavy atom. The second kappa shape index (κ2) is 6.40. The topological polar surface area (TPSA) is 98.1 Å². The Balaban J connectivity index is 1.78. The SMILES string of the molecule is CN(CCC12C3=C(O)C(=O)C=CC3=CCC1(O)CCC(=O)C2O)CC1CC1. The van der Waals surface area contributed by atoms with E-state index in [2.05, 4.69) is 4.90 Å². The predicted molar refractivity (Wildman–Crippen MR) is 99.0 cm³/mol. The van der Waals surface area contributed by atoms with Crippen LogP contribution in [0.2, 0.25) is 0 Å². The minimum absolute atomic E-state index is 0.0956. The first-order chi connectivity index (χ1) is 12.8. The molecular formula is C21H27NO5. The van der Waals surface area contributed by atoms with E-state index in [9.17, 15) is 24.9 Å². The lowest BCUT2D eigenvalue weighted by Crippen LogP contribution is -2.64. The highest BCUT2D eigenvalue weighted by atomic mass is 16.3. The van der Waals surface area contributed by atoms with Gasteiger partial charge in [-0.3, -0.25) is 9.59 Å². The van der Waals surface area contributed by atoms with Gasteiger partial charge >= 0.3 is 0 Å². The fourth-order valence-electron chi connectivity index (χ4n) is 5.07. The number of ketones is 2. The molecule has 0 spiro atoms. The minimum atomic E-state index is -1.44. The van der Waals surface area contributed by atoms with E-state index in [-0.39, 0.29) is 30.6 Å². The van der Waals surface area contributed by atoms with Crippen LogP contribution in [0.4, 0.5) is 0 Å². The van der Waals surface area contributed by atoms with Gasteiger partial charge in [-0.05, 0) is 63.3 Å². The first-order valence-corrected chi connectivity index (χ1v) is 9.77. The Morgan fingerprint density at radius 3 is 2.70 bits per heavy atom. The minimum Gasteiger partial charge on any atom is -0.504 e. The largest absolute Gasteiger partial charge is 0.504 e. The molecule has 146 valence electrons. The zero-order valence-corrected chi connectivity index (χ0v) is 15.6. The lowest BCUT2D eigenvalue weighted by atomic mass is 9.50. The molecule has 0 saturated heterocycles. The molecule has 4 rings (SSSR count). The van der Waals surface area contributed by atoms with Gasteiger partial charge in [0.1, 0.15) is 6.10 Å². The van der Waals surface area contributed by atoms with Gasteiger partial charge in [0.2, 0.25) is 5.78 Å². The summed E-state index contributed by atoms with van der Waals surface area (Å²) < 4.78 is 0. The normalized spacial score (nSPS) is 36.0. The van der Waals surface area contributed by atoms with Crippen molar-refractivity contribution in [3.05, 3.63) is 35.1 Å². The Morgan fingerprint density at radius 2 is 2.00 bits per heavy atom. The van der Waals surface area contributed by atoms with Gasteiger partial charge in [0.25, 0.3) is 0 Å². The third-order valence-electron chi connectivity index (χ3n) is 6.82. The summed E-state index contributed by atoms with van der Waals surface area (Å²) in [6.07, 6.45) is 6.60. The summed E-state index contributed by atoms with van der Waals surface area (Å²) in [5.74, 6) is -0.659. The molecule has 4 aliphatic rings. The number of allylic oxidation sites excluding steroid dienone is 3. The molecule has 0 bridgehead atoms. The Bertz CT molecular complexity index is 777. The molecule has 3 atom stereocenters. The van der Waals surface area contributed by atoms with E-state index >= 15 is 0 Å². The van der Waals surface area contributed by atoms with Crippen LogP contribution in [-0.2, 0) is 9.59 Å². The number of carbonyl (C=O) groups excluding carboxylic acids is 2. The van der Waals surface area contributed by atoms with Crippen molar-refractivity contribution in [2.75, 3.05) is 20.1 Å². The van der Waals surface area contributed by atoms with Crippen LogP contribution in [0, 0.1) is 11.3 Å². The molecule has 4 aliphatic carbocycles. The van der Waals surface area contributed by atoms with E-state index < -0.39 is 28.7 Å². The molecule has 3 unspecified atom stereocenters. The van der Waals surface area contributed by atoms with Crippen LogP contribution >= 0.6 is 0 Å². The number of nitrogens with zero attached hydrogens (tertiary/aromatic N) is 1. The lowest BCUT2D eigenvalue weighted by molar-refractivity contribution is -0.174. The second-order valence-corrected chi connectivity index (χ2v) is 8.61. The Hall–Kier alpha value is -1.76. The fraction of sp³-hybridized carbons (Fsp3) is 0.619. The molecule has 0 radical (unpaired) electrons. The highest BCUT2D eigenvalue weighted by Crippen LogP contribution is 2.58. The molecule has 3 N–H and O–H groups in total. The first-order valence-electron chi connectivity index (χ1n) is 9.77. The summed E-state index contributed by atoms with van der Waals surface area (Å²) >= 11 is 0. The summed E-state index contributed by atoms with van der Waals surface area (Å²) in [7, 11) is 1.99. The van der Waals surface area contributed by atoms with E-state index in [1.807, 2.05) is 7.05 Å². The maximum absolute atomic E-state index is 12.5. The number of rotatable bonds is 5. The van der Waals surface area contributed by atoms with Crippen molar-refractivity contribution in [2.24, 2.45) is 11.3 Å². The highest BCUT2D eigenvalue weighted by molar-refractivity contribution is 6.06. The summed E-state index contributed by atoms with van der Waals surface area (Å²) in [6.45, 7) is 1.50. The van der Waals surface area contributed by atoms with Crippen molar-refractivity contribution >= 4 is 11.6 Å². The molecule has 0 amide bonds. The van der Waals surface area contributed by atoms with E-state index in [1.165, 1.54) is 18.9 Å². The van der Waals surface area contributed by atoms with Crippen LogP contribution in [0.15, 0.2) is 35.1 Å². The van der Waals surface area contributed by atoms with Gasteiger partial charge in [0.15, 0.2) is 11.5 Å². The first kappa shape index (κ1) is 18.6. The molecule has 2 fully saturated rings. The number of aliphatic hydroxyl groups is 3. The zero-order chi connectivity index (χ0) is 19.4. The summed E-state index contributed by atoms with van der Waals surface area (Å²) in [5.41, 5.74) is -1.87. The van der Waals surface area contributed by atoms with Gasteiger partial charge in [-0.25, -0.2) is 0 Å². The van der Waals surface area contributed by atoms with Crippen molar-refractivity contribution in [2.45, 2.75) is 50.2 Å². The van der Waals surface area contributed by atoms with Gasteiger partial charge < -0.3 is 20.2 Å². The van der Waals surface area contributed by atoms with Crippen LogP contribution in [0.1, 0.15) is 38.5 Å². The van der Waals surface area contributed by atoms with Gasteiger partial charge in [-0.1, -0.05) is 12.2 Å². The number of hydrogen-bond acceptors (Lipinski definition) is 6. The van der Waals surface area contributed by atoms with Gasteiger partial charge in [-0.15, -0.1) is 0 Å². The van der Waals surface area contributed by atoms with Gasteiger partial charge in [0, 0.05) is 18.5 Å². The van der Waals surface area contributed by atoms with Gasteiger partial charge in [-0.2, -0.15) is 0 Å². The van der Waals surface area contributed by atoms with Crippen molar-refractivity contribution in [1.29, 1.82) is 0 Å². The third-order valence-corrected chi connectivity index (χ3v) is 6.82. The maximum atomic E-state index is 12.5. The fourth-order valence-corrected chi connectivity index (χ4v) is 5.07. The van der Waals surface area contributed by atoms with Crippen molar-refractivity contribution in [1.82, 2.24) is 4.90 Å². The molecular weight excluding hydrogens is 346 g/mol. The quantitative estimate of drug-likeness (QED) is 0.675. The molecule has 27 heavy (non-hydrogen) atoms. The van der Waals surface area contributed by atoms with E-state index in [0.29, 0.717) is 24.5 Å². The lowest BCUT2D eigenvalue weighted by Gasteiger charge is -2.56. The van der Waals surface area contributed by atoms with E-state index in [1.54, 1.807) is 12.2 Å². The van der Waals surface area contributed by atoms with Crippen LogP contribution in [-0.4, -0.2) is 63.6 Å². The molecule has 6 heteroatoms. The summed E-state index contributed by atoms with van der Waals surface area (Å²) in [5, 5.41) is 33.1. The molecule has 0 aliphatic heterocycles. The van der Waals surface area contributed by atoms with E-state index in [4.69, 9.17) is 0 Å². The molecule has 0 aromatic carbocycles. The molecule has 0 aromatic rings. The second-order valence-electron chi connectivity index (χ2n) is 8.61. The molecule has 2 saturated carbocycles. The van der Waals surface area contributed by atoms with Crippen LogP contribution < -0.4 is 0 Å². The van der Waals surface area contributed by atoms with E-state index in [0.717, 1.165) is 6.54 Å². The molecule has 0 aromatic heterocycles. The number of carbonyl (C=O) groups is 2. The number of hydrogen-bond donors (Lipinski definition) is 3. The number of Topliss-reactive ketones (excluding diaryl/α,β-unsaturated/α-hetero) is 1. The zero-order valence-electron chi connectivity index (χ0n) is 15.6. The smallest absolute Gasteiger partial charge is 0.220 e. The summed E-state index contributed by atoms with van der Waals surface area (Å²) in [4.78, 5) is 26.8. The number of fused-ring (bicyclic) bond motifs is 3. The Labute approximate surface area is 158 Å². The maximum Gasteiger partial charge on any atom is 0.220 e. The van der Waals surface area contributed by atoms with Crippen molar-refractivity contribution in [3.8, 4) is 0 Å². The summed E-state index contributed by atoms with van der Waals surface area (Å²) in [6, 6.07) is 0. The van der Waals surface area contributed by atoms with Crippen molar-refractivity contribution < 1.29 is 24.9 Å². The predicted octanol–water partition coefficient (Wildman–Crippen LogP) is 1.44. The average molecular weight is 373 g/mol. The Kier molecular flexibility index (Phi) is 4.41. The monoisotopic (exact) mass is 373 g/mol. The third kappa shape index (κ3) is 2.82.